The van der Waals surface area contributed by atoms with Gasteiger partial charge in [-0.1, -0.05) is 0 Å². The number of nitrogens with one attached hydrogen (secondary N) is 2. The van der Waals surface area contributed by atoms with Gasteiger partial charge in [0, 0.05) is 18.8 Å². The van der Waals surface area contributed by atoms with Crippen LogP contribution in [-0.4, -0.2) is 84.7 Å². The monoisotopic (exact) mass is 408 g/mol. The maximum Gasteiger partial charge on any atom is 0.225 e. The van der Waals surface area contributed by atoms with Crippen molar-refractivity contribution in [3.8, 4) is 5.75 Å². The van der Waals surface area contributed by atoms with Crippen molar-refractivity contribution >= 4 is 28.9 Å². The molecule has 28 heavy (non-hydrogen) atoms. The number of methoxy groups -OCH3 is 1. The fourth-order valence-electron chi connectivity index (χ4n) is 3.92. The van der Waals surface area contributed by atoms with Crippen molar-refractivity contribution in [1.29, 1.82) is 0 Å². The van der Waals surface area contributed by atoms with Gasteiger partial charge in [0.05, 0.1) is 31.2 Å². The van der Waals surface area contributed by atoms with Crippen LogP contribution in [0.4, 0.5) is 5.69 Å². The van der Waals surface area contributed by atoms with Crippen LogP contribution in [0.1, 0.15) is 6.42 Å². The molecule has 0 aromatic heterocycles. The highest BCUT2D eigenvalue weighted by atomic mass is 32.1. The first-order valence-corrected chi connectivity index (χ1v) is 9.76. The Morgan fingerprint density at radius 3 is 2.64 bits per heavy atom. The lowest BCUT2D eigenvalue weighted by molar-refractivity contribution is -0.131. The van der Waals surface area contributed by atoms with Crippen LogP contribution in [-0.2, 0) is 4.79 Å². The van der Waals surface area contributed by atoms with Crippen LogP contribution in [0.5, 0.6) is 5.75 Å². The normalized spacial score (nSPS) is 29.4. The van der Waals surface area contributed by atoms with E-state index in [2.05, 4.69) is 10.6 Å². The van der Waals surface area contributed by atoms with Gasteiger partial charge < -0.3 is 35.4 Å². The second kappa shape index (κ2) is 8.60. The maximum atomic E-state index is 12.9. The van der Waals surface area contributed by atoms with E-state index in [0.717, 1.165) is 18.0 Å². The lowest BCUT2D eigenvalue weighted by Crippen LogP contribution is -2.61. The molecular weight excluding hydrogens is 380 g/mol. The van der Waals surface area contributed by atoms with Gasteiger partial charge in [-0.15, -0.1) is 0 Å². The summed E-state index contributed by atoms with van der Waals surface area (Å²) in [4.78, 5) is 16.8. The predicted molar refractivity (Wildman–Crippen MR) is 110 cm³/mol. The summed E-state index contributed by atoms with van der Waals surface area (Å²) in [6.07, 6.45) is -1.82. The second-order valence-electron chi connectivity index (χ2n) is 7.53. The van der Waals surface area contributed by atoms with Gasteiger partial charge in [-0.25, -0.2) is 0 Å². The highest BCUT2D eigenvalue weighted by Gasteiger charge is 2.53. The fraction of sp³-hybridized carbons (Fsp3) is 0.579. The zero-order valence-electron chi connectivity index (χ0n) is 16.3. The van der Waals surface area contributed by atoms with E-state index < -0.39 is 30.2 Å². The second-order valence-corrected chi connectivity index (χ2v) is 7.92. The minimum atomic E-state index is -1.00. The Morgan fingerprint density at radius 1 is 1.36 bits per heavy atom. The van der Waals surface area contributed by atoms with Gasteiger partial charge in [0.25, 0.3) is 0 Å². The Morgan fingerprint density at radius 2 is 2.04 bits per heavy atom. The molecule has 2 aliphatic rings. The van der Waals surface area contributed by atoms with Crippen molar-refractivity contribution in [2.45, 2.75) is 30.7 Å². The van der Waals surface area contributed by atoms with E-state index in [1.165, 1.54) is 0 Å². The SMILES string of the molecule is COc1ccc(N2C(=S)NC3C(O)C(O)CC(C(=O)NCCN(C)C)C32)cc1. The molecule has 1 heterocycles. The number of nitrogens with zero attached hydrogens (tertiary/aromatic N) is 2. The molecule has 154 valence electrons. The molecule has 0 bridgehead atoms. The number of aliphatic hydroxyl groups excluding tert-OH is 2. The topological polar surface area (TPSA) is 97.3 Å². The first-order chi connectivity index (χ1) is 13.3. The maximum absolute atomic E-state index is 12.9. The van der Waals surface area contributed by atoms with Crippen molar-refractivity contribution in [3.63, 3.8) is 0 Å². The van der Waals surface area contributed by atoms with Gasteiger partial charge in [-0.2, -0.15) is 0 Å². The van der Waals surface area contributed by atoms with Gasteiger partial charge in [-0.3, -0.25) is 4.79 Å². The zero-order valence-corrected chi connectivity index (χ0v) is 17.1. The number of benzene rings is 1. The molecule has 5 unspecified atom stereocenters. The molecule has 5 atom stereocenters. The molecule has 1 amide bonds. The number of fused-ring (bicyclic) bond motifs is 1. The van der Waals surface area contributed by atoms with E-state index in [9.17, 15) is 15.0 Å². The summed E-state index contributed by atoms with van der Waals surface area (Å²) >= 11 is 5.50. The number of likely N-dealkylation sites (N-methyl/N-ethyl adjacent to an activating group) is 1. The highest BCUT2D eigenvalue weighted by Crippen LogP contribution is 2.37. The zero-order chi connectivity index (χ0) is 20.4. The van der Waals surface area contributed by atoms with Crippen LogP contribution in [0.15, 0.2) is 24.3 Å². The average Bonchev–Trinajstić information content (AvgIpc) is 3.01. The van der Waals surface area contributed by atoms with Crippen LogP contribution in [0.25, 0.3) is 0 Å². The number of hydrogen-bond acceptors (Lipinski definition) is 6. The third kappa shape index (κ3) is 4.07. The van der Waals surface area contributed by atoms with Crippen molar-refractivity contribution in [3.05, 3.63) is 24.3 Å². The summed E-state index contributed by atoms with van der Waals surface area (Å²) in [5, 5.41) is 27.3. The van der Waals surface area contributed by atoms with Crippen molar-refractivity contribution < 1.29 is 19.7 Å². The molecule has 1 aliphatic carbocycles. The summed E-state index contributed by atoms with van der Waals surface area (Å²) in [6, 6.07) is 6.47. The molecule has 0 radical (unpaired) electrons. The van der Waals surface area contributed by atoms with Crippen molar-refractivity contribution in [2.24, 2.45) is 5.92 Å². The number of rotatable bonds is 6. The molecule has 2 fully saturated rings. The van der Waals surface area contributed by atoms with E-state index in [0.29, 0.717) is 11.7 Å². The van der Waals surface area contributed by atoms with Crippen molar-refractivity contribution in [2.75, 3.05) is 39.2 Å². The van der Waals surface area contributed by atoms with Gasteiger partial charge in [-0.05, 0) is 57.0 Å². The van der Waals surface area contributed by atoms with Gasteiger partial charge >= 0.3 is 0 Å². The number of aliphatic hydroxyl groups is 2. The van der Waals surface area contributed by atoms with E-state index in [1.54, 1.807) is 7.11 Å². The minimum Gasteiger partial charge on any atom is -0.497 e. The molecule has 1 aromatic carbocycles. The van der Waals surface area contributed by atoms with E-state index in [4.69, 9.17) is 17.0 Å². The summed E-state index contributed by atoms with van der Waals surface area (Å²) in [5.41, 5.74) is 0.806. The smallest absolute Gasteiger partial charge is 0.225 e. The van der Waals surface area contributed by atoms with Gasteiger partial charge in [0.15, 0.2) is 5.11 Å². The van der Waals surface area contributed by atoms with Crippen LogP contribution in [0.2, 0.25) is 0 Å². The lowest BCUT2D eigenvalue weighted by Gasteiger charge is -2.41. The summed E-state index contributed by atoms with van der Waals surface area (Å²) in [7, 11) is 5.47. The van der Waals surface area contributed by atoms with Gasteiger partial charge in [0.1, 0.15) is 11.9 Å². The number of carbonyl (C=O) groups excluding carboxylic acids is 1. The summed E-state index contributed by atoms with van der Waals surface area (Å²) in [6.45, 7) is 1.23. The minimum absolute atomic E-state index is 0.146. The molecule has 3 rings (SSSR count). The highest BCUT2D eigenvalue weighted by molar-refractivity contribution is 7.80. The molecule has 4 N–H and O–H groups in total. The largest absolute Gasteiger partial charge is 0.497 e. The molecule has 9 heteroatoms. The number of hydrogen-bond donors (Lipinski definition) is 4. The van der Waals surface area contributed by atoms with Crippen molar-refractivity contribution in [1.82, 2.24) is 15.5 Å². The molecule has 1 saturated heterocycles. The molecule has 1 aromatic rings. The number of ether oxygens (including phenoxy) is 1. The molecular formula is C19H28N4O4S. The molecule has 8 nitrogen and oxygen atoms in total. The Labute approximate surface area is 170 Å². The van der Waals surface area contributed by atoms with Crippen LogP contribution in [0, 0.1) is 5.92 Å². The number of anilines is 1. The Hall–Kier alpha value is -1.94. The average molecular weight is 409 g/mol. The number of amides is 1. The Kier molecular flexibility index (Phi) is 6.39. The third-order valence-corrected chi connectivity index (χ3v) is 5.71. The molecule has 0 spiro atoms. The molecule has 1 saturated carbocycles. The molecule has 1 aliphatic heterocycles. The van der Waals surface area contributed by atoms with E-state index in [-0.39, 0.29) is 12.3 Å². The first-order valence-electron chi connectivity index (χ1n) is 9.36. The van der Waals surface area contributed by atoms with Crippen LogP contribution >= 0.6 is 12.2 Å². The van der Waals surface area contributed by atoms with Crippen LogP contribution in [0.3, 0.4) is 0 Å². The lowest BCUT2D eigenvalue weighted by atomic mass is 9.77. The summed E-state index contributed by atoms with van der Waals surface area (Å²) < 4.78 is 5.21. The van der Waals surface area contributed by atoms with E-state index in [1.807, 2.05) is 48.2 Å². The predicted octanol–water partition coefficient (Wildman–Crippen LogP) is -0.454. The third-order valence-electron chi connectivity index (χ3n) is 5.39. The Bertz CT molecular complexity index is 714. The Balaban J connectivity index is 1.86. The first kappa shape index (κ1) is 20.8. The van der Waals surface area contributed by atoms with Crippen LogP contribution < -0.4 is 20.3 Å². The van der Waals surface area contributed by atoms with E-state index >= 15 is 0 Å². The number of thiocarbonyl (C=S) groups is 1. The summed E-state index contributed by atoms with van der Waals surface area (Å²) in [5.74, 6) is 0.0591. The fourth-order valence-corrected chi connectivity index (χ4v) is 4.28. The number of carbonyl (C=O) groups is 1. The standard InChI is InChI=1S/C19H28N4O4S/c1-22(2)9-8-20-18(26)13-10-14(24)17(25)15-16(13)23(19(28)21-15)11-4-6-12(27-3)7-5-11/h4-7,13-17,24-25H,8-10H2,1-3H3,(H,20,26)(H,21,28). The van der Waals surface area contributed by atoms with Gasteiger partial charge in [0.2, 0.25) is 5.91 Å². The quantitative estimate of drug-likeness (QED) is 0.470.